The highest BCUT2D eigenvalue weighted by molar-refractivity contribution is 5.51. The molecule has 0 fully saturated rings. The molecule has 0 radical (unpaired) electrons. The van der Waals surface area contributed by atoms with Gasteiger partial charge in [0.05, 0.1) is 4.92 Å². The Labute approximate surface area is 114 Å². The molecule has 2 rings (SSSR count). The molecule has 0 heterocycles. The fourth-order valence-corrected chi connectivity index (χ4v) is 1.71. The number of benzene rings is 2. The average Bonchev–Trinajstić information content (AvgIpc) is 2.46. The molecule has 6 heteroatoms. The Kier molecular flexibility index (Phi) is 4.24. The Morgan fingerprint density at radius 1 is 1.15 bits per heavy atom. The zero-order chi connectivity index (χ0) is 14.5. The van der Waals surface area contributed by atoms with Crippen LogP contribution in [0.3, 0.4) is 0 Å². The largest absolute Gasteiger partial charge is 0.381 e. The van der Waals surface area contributed by atoms with Crippen molar-refractivity contribution < 1.29 is 13.7 Å². The van der Waals surface area contributed by atoms with Crippen LogP contribution in [-0.2, 0) is 6.54 Å². The van der Waals surface area contributed by atoms with Crippen molar-refractivity contribution in [3.8, 4) is 0 Å². The summed E-state index contributed by atoms with van der Waals surface area (Å²) >= 11 is 0. The third-order valence-corrected chi connectivity index (χ3v) is 2.79. The summed E-state index contributed by atoms with van der Waals surface area (Å²) in [6.45, 7) is 0.407. The lowest BCUT2D eigenvalue weighted by Gasteiger charge is -2.07. The van der Waals surface area contributed by atoms with E-state index in [1.807, 2.05) is 0 Å². The summed E-state index contributed by atoms with van der Waals surface area (Å²) < 4.78 is 24.8. The molecular formula is C14H12F2N2O2. The SMILES string of the molecule is O=[N+]([O-])c1cccc(NCc2ccc(C(F)F)cc2)c1. The molecule has 104 valence electrons. The van der Waals surface area contributed by atoms with Crippen LogP contribution in [0.15, 0.2) is 48.5 Å². The molecule has 1 N–H and O–H groups in total. The van der Waals surface area contributed by atoms with Crippen LogP contribution in [0.25, 0.3) is 0 Å². The van der Waals surface area contributed by atoms with Crippen LogP contribution >= 0.6 is 0 Å². The zero-order valence-corrected chi connectivity index (χ0v) is 10.4. The number of alkyl halides is 2. The summed E-state index contributed by atoms with van der Waals surface area (Å²) in [5.41, 5.74) is 1.41. The van der Waals surface area contributed by atoms with Crippen LogP contribution in [0.2, 0.25) is 0 Å². The molecule has 0 amide bonds. The van der Waals surface area contributed by atoms with Crippen LogP contribution in [0.1, 0.15) is 17.6 Å². The first-order chi connectivity index (χ1) is 9.56. The van der Waals surface area contributed by atoms with Crippen molar-refractivity contribution in [3.05, 3.63) is 69.8 Å². The standard InChI is InChI=1S/C14H12F2N2O2/c15-14(16)11-6-4-10(5-7-11)9-17-12-2-1-3-13(8-12)18(19)20/h1-8,14,17H,9H2. The molecule has 0 aliphatic rings. The predicted octanol–water partition coefficient (Wildman–Crippen LogP) is 4.14. The molecule has 2 aromatic carbocycles. The van der Waals surface area contributed by atoms with E-state index in [0.717, 1.165) is 5.56 Å². The highest BCUT2D eigenvalue weighted by Gasteiger charge is 2.07. The Balaban J connectivity index is 2.01. The Hall–Kier alpha value is -2.50. The van der Waals surface area contributed by atoms with Gasteiger partial charge in [-0.3, -0.25) is 10.1 Å². The van der Waals surface area contributed by atoms with Gasteiger partial charge in [-0.05, 0) is 11.6 Å². The molecule has 20 heavy (non-hydrogen) atoms. The first kappa shape index (κ1) is 13.9. The van der Waals surface area contributed by atoms with Crippen molar-refractivity contribution in [2.45, 2.75) is 13.0 Å². The predicted molar refractivity (Wildman–Crippen MR) is 71.8 cm³/mol. The molecule has 0 spiro atoms. The van der Waals surface area contributed by atoms with Gasteiger partial charge in [-0.1, -0.05) is 30.3 Å². The number of hydrogen-bond acceptors (Lipinski definition) is 3. The molecule has 4 nitrogen and oxygen atoms in total. The summed E-state index contributed by atoms with van der Waals surface area (Å²) in [7, 11) is 0. The van der Waals surface area contributed by atoms with Crippen LogP contribution in [-0.4, -0.2) is 4.92 Å². The molecule has 0 saturated carbocycles. The van der Waals surface area contributed by atoms with E-state index in [-0.39, 0.29) is 11.3 Å². The van der Waals surface area contributed by atoms with Gasteiger partial charge in [0, 0.05) is 29.9 Å². The van der Waals surface area contributed by atoms with Crippen molar-refractivity contribution in [2.24, 2.45) is 0 Å². The van der Waals surface area contributed by atoms with Crippen LogP contribution in [0.5, 0.6) is 0 Å². The van der Waals surface area contributed by atoms with E-state index in [2.05, 4.69) is 5.32 Å². The molecule has 0 aliphatic carbocycles. The van der Waals surface area contributed by atoms with Gasteiger partial charge in [0.1, 0.15) is 0 Å². The van der Waals surface area contributed by atoms with Crippen LogP contribution < -0.4 is 5.32 Å². The number of rotatable bonds is 5. The van der Waals surface area contributed by atoms with Gasteiger partial charge < -0.3 is 5.32 Å². The minimum atomic E-state index is -2.48. The molecule has 0 saturated heterocycles. The van der Waals surface area contributed by atoms with Crippen molar-refractivity contribution >= 4 is 11.4 Å². The van der Waals surface area contributed by atoms with Crippen molar-refractivity contribution in [2.75, 3.05) is 5.32 Å². The molecule has 0 atom stereocenters. The number of nitrogens with zero attached hydrogens (tertiary/aromatic N) is 1. The average molecular weight is 278 g/mol. The maximum Gasteiger partial charge on any atom is 0.271 e. The maximum absolute atomic E-state index is 12.4. The van der Waals surface area contributed by atoms with Crippen molar-refractivity contribution in [3.63, 3.8) is 0 Å². The van der Waals surface area contributed by atoms with Crippen molar-refractivity contribution in [1.82, 2.24) is 0 Å². The first-order valence-electron chi connectivity index (χ1n) is 5.91. The second kappa shape index (κ2) is 6.10. The highest BCUT2D eigenvalue weighted by atomic mass is 19.3. The quantitative estimate of drug-likeness (QED) is 0.660. The molecule has 2 aromatic rings. The fourth-order valence-electron chi connectivity index (χ4n) is 1.71. The lowest BCUT2D eigenvalue weighted by atomic mass is 10.1. The van der Waals surface area contributed by atoms with Gasteiger partial charge in [0.25, 0.3) is 12.1 Å². The molecule has 0 unspecified atom stereocenters. The summed E-state index contributed by atoms with van der Waals surface area (Å²) in [6, 6.07) is 12.1. The van der Waals surface area contributed by atoms with Gasteiger partial charge in [-0.15, -0.1) is 0 Å². The minimum Gasteiger partial charge on any atom is -0.381 e. The van der Waals surface area contributed by atoms with Gasteiger partial charge in [-0.25, -0.2) is 8.78 Å². The Bertz CT molecular complexity index is 600. The number of nitrogens with one attached hydrogen (secondary N) is 1. The van der Waals surface area contributed by atoms with E-state index in [0.29, 0.717) is 12.2 Å². The third-order valence-electron chi connectivity index (χ3n) is 2.79. The number of hydrogen-bond donors (Lipinski definition) is 1. The lowest BCUT2D eigenvalue weighted by molar-refractivity contribution is -0.384. The number of nitro benzene ring substituents is 1. The molecule has 0 aromatic heterocycles. The Morgan fingerprint density at radius 3 is 2.45 bits per heavy atom. The number of nitro groups is 1. The van der Waals surface area contributed by atoms with E-state index in [9.17, 15) is 18.9 Å². The highest BCUT2D eigenvalue weighted by Crippen LogP contribution is 2.20. The second-order valence-corrected chi connectivity index (χ2v) is 4.20. The maximum atomic E-state index is 12.4. The van der Waals surface area contributed by atoms with Gasteiger partial charge in [0.2, 0.25) is 0 Å². The summed E-state index contributed by atoms with van der Waals surface area (Å²) in [5.74, 6) is 0. The number of non-ortho nitro benzene ring substituents is 1. The van der Waals surface area contributed by atoms with E-state index in [4.69, 9.17) is 0 Å². The molecule has 0 bridgehead atoms. The van der Waals surface area contributed by atoms with Gasteiger partial charge in [-0.2, -0.15) is 0 Å². The summed E-state index contributed by atoms with van der Waals surface area (Å²) in [5, 5.41) is 13.6. The fraction of sp³-hybridized carbons (Fsp3) is 0.143. The van der Waals surface area contributed by atoms with E-state index in [1.54, 1.807) is 24.3 Å². The normalized spacial score (nSPS) is 10.6. The van der Waals surface area contributed by atoms with Crippen molar-refractivity contribution in [1.29, 1.82) is 0 Å². The third kappa shape index (κ3) is 3.50. The zero-order valence-electron chi connectivity index (χ0n) is 10.4. The topological polar surface area (TPSA) is 55.2 Å². The van der Waals surface area contributed by atoms with Gasteiger partial charge >= 0.3 is 0 Å². The van der Waals surface area contributed by atoms with Gasteiger partial charge in [0.15, 0.2) is 0 Å². The van der Waals surface area contributed by atoms with Crippen LogP contribution in [0, 0.1) is 10.1 Å². The summed E-state index contributed by atoms with van der Waals surface area (Å²) in [6.07, 6.45) is -2.48. The number of anilines is 1. The lowest BCUT2D eigenvalue weighted by Crippen LogP contribution is -2.00. The Morgan fingerprint density at radius 2 is 1.85 bits per heavy atom. The van der Waals surface area contributed by atoms with E-state index < -0.39 is 11.3 Å². The second-order valence-electron chi connectivity index (χ2n) is 4.20. The van der Waals surface area contributed by atoms with E-state index >= 15 is 0 Å². The smallest absolute Gasteiger partial charge is 0.271 e. The number of halogens is 2. The molecule has 0 aliphatic heterocycles. The molecular weight excluding hydrogens is 266 g/mol. The monoisotopic (exact) mass is 278 g/mol. The first-order valence-corrected chi connectivity index (χ1v) is 5.91. The minimum absolute atomic E-state index is 0.00282. The summed E-state index contributed by atoms with van der Waals surface area (Å²) in [4.78, 5) is 10.2. The van der Waals surface area contributed by atoms with Crippen LogP contribution in [0.4, 0.5) is 20.2 Å². The van der Waals surface area contributed by atoms with E-state index in [1.165, 1.54) is 24.3 Å².